The van der Waals surface area contributed by atoms with Gasteiger partial charge < -0.3 is 19.8 Å². The summed E-state index contributed by atoms with van der Waals surface area (Å²) in [6.45, 7) is 0. The van der Waals surface area contributed by atoms with Gasteiger partial charge in [-0.3, -0.25) is 4.98 Å². The molecule has 0 unspecified atom stereocenters. The average molecular weight is 270 g/mol. The molecule has 0 atom stereocenters. The molecule has 2 aromatic heterocycles. The van der Waals surface area contributed by atoms with E-state index in [1.165, 1.54) is 6.07 Å². The van der Waals surface area contributed by atoms with Crippen LogP contribution in [0.15, 0.2) is 12.3 Å². The summed E-state index contributed by atoms with van der Waals surface area (Å²) >= 11 is 6.61. The maximum Gasteiger partial charge on any atom is 1.00 e. The fourth-order valence-electron chi connectivity index (χ4n) is 1.19. The number of hydrogen-bond acceptors (Lipinski definition) is 6. The number of nitrogens with zero attached hydrogens (tertiary/aromatic N) is 1. The van der Waals surface area contributed by atoms with Gasteiger partial charge in [-0.15, -0.1) is 11.3 Å². The minimum atomic E-state index is -1.46. The molecule has 0 bridgehead atoms. The molecule has 0 aromatic carbocycles. The number of carbonyl (C=O) groups is 2. The molecule has 82 valence electrons. The van der Waals surface area contributed by atoms with Crippen LogP contribution in [0.4, 0.5) is 0 Å². The zero-order valence-corrected chi connectivity index (χ0v) is 11.1. The van der Waals surface area contributed by atoms with E-state index in [1.807, 2.05) is 0 Å². The molecule has 0 radical (unpaired) electrons. The van der Waals surface area contributed by atoms with Gasteiger partial charge in [0.2, 0.25) is 0 Å². The second-order valence-electron chi connectivity index (χ2n) is 2.89. The maximum absolute atomic E-state index is 10.6. The summed E-state index contributed by atoms with van der Waals surface area (Å²) in [7, 11) is 0. The van der Waals surface area contributed by atoms with Crippen molar-refractivity contribution in [1.29, 1.82) is 0 Å². The molecule has 0 N–H and O–H groups in total. The van der Waals surface area contributed by atoms with Crippen LogP contribution in [-0.4, -0.2) is 16.9 Å². The van der Waals surface area contributed by atoms with E-state index in [1.54, 1.807) is 0 Å². The van der Waals surface area contributed by atoms with E-state index >= 15 is 0 Å². The first-order valence-electron chi connectivity index (χ1n) is 4.01. The SMILES string of the molecule is O=C([O-])c1cc2ncc(C(=O)[O-])c(Cl)c2s1.[Li+].[Li+]. The molecule has 0 saturated carbocycles. The molecular formula is C9H2ClLi2NO4S. The second-order valence-corrected chi connectivity index (χ2v) is 4.32. The molecule has 2 aromatic rings. The van der Waals surface area contributed by atoms with Gasteiger partial charge in [-0.1, -0.05) is 11.6 Å². The zero-order valence-electron chi connectivity index (χ0n) is 9.52. The quantitative estimate of drug-likeness (QED) is 0.506. The molecule has 2 rings (SSSR count). The number of thiophene rings is 1. The number of carboxylic acid groups (broad SMARTS) is 2. The van der Waals surface area contributed by atoms with E-state index in [0.717, 1.165) is 17.5 Å². The summed E-state index contributed by atoms with van der Waals surface area (Å²) in [5.41, 5.74) is 0.0557. The number of hydrogen-bond donors (Lipinski definition) is 0. The van der Waals surface area contributed by atoms with Gasteiger partial charge in [-0.05, 0) is 6.07 Å². The molecule has 9 heteroatoms. The normalized spacial score (nSPS) is 9.39. The Morgan fingerprint density at radius 3 is 2.33 bits per heavy atom. The van der Waals surface area contributed by atoms with Gasteiger partial charge in [-0.2, -0.15) is 0 Å². The Morgan fingerprint density at radius 1 is 1.22 bits per heavy atom. The number of carboxylic acids is 2. The zero-order chi connectivity index (χ0) is 11.9. The van der Waals surface area contributed by atoms with E-state index in [0.29, 0.717) is 10.2 Å². The third-order valence-corrected chi connectivity index (χ3v) is 3.53. The van der Waals surface area contributed by atoms with Crippen molar-refractivity contribution in [3.05, 3.63) is 27.7 Å². The number of carbonyl (C=O) groups excluding carboxylic acids is 2. The van der Waals surface area contributed by atoms with Gasteiger partial charge >= 0.3 is 37.7 Å². The largest absolute Gasteiger partial charge is 1.00 e. The van der Waals surface area contributed by atoms with Crippen molar-refractivity contribution >= 4 is 45.1 Å². The molecule has 0 aliphatic carbocycles. The van der Waals surface area contributed by atoms with E-state index in [-0.39, 0.29) is 53.2 Å². The third kappa shape index (κ3) is 3.10. The Bertz CT molecular complexity index is 616. The maximum atomic E-state index is 10.6. The van der Waals surface area contributed by atoms with Crippen LogP contribution in [0.3, 0.4) is 0 Å². The van der Waals surface area contributed by atoms with E-state index in [2.05, 4.69) is 4.98 Å². The number of pyridine rings is 1. The number of aromatic carboxylic acids is 2. The van der Waals surface area contributed by atoms with Gasteiger partial charge in [0.05, 0.1) is 32.1 Å². The number of halogens is 1. The van der Waals surface area contributed by atoms with Crippen LogP contribution in [0.1, 0.15) is 20.0 Å². The van der Waals surface area contributed by atoms with Crippen molar-refractivity contribution in [1.82, 2.24) is 4.98 Å². The summed E-state index contributed by atoms with van der Waals surface area (Å²) in [6, 6.07) is 1.28. The Balaban J connectivity index is 0.00000144. The van der Waals surface area contributed by atoms with Crippen molar-refractivity contribution in [3.63, 3.8) is 0 Å². The molecule has 0 spiro atoms. The Hall–Kier alpha value is -0.465. The van der Waals surface area contributed by atoms with Gasteiger partial charge in [-0.25, -0.2) is 0 Å². The number of fused-ring (bicyclic) bond motifs is 1. The van der Waals surface area contributed by atoms with Gasteiger partial charge in [0.25, 0.3) is 0 Å². The molecule has 18 heavy (non-hydrogen) atoms. The van der Waals surface area contributed by atoms with E-state index in [4.69, 9.17) is 11.6 Å². The van der Waals surface area contributed by atoms with Crippen LogP contribution in [0.5, 0.6) is 0 Å². The van der Waals surface area contributed by atoms with Crippen LogP contribution in [0.25, 0.3) is 10.2 Å². The van der Waals surface area contributed by atoms with Gasteiger partial charge in [0.15, 0.2) is 0 Å². The molecule has 0 aliphatic heterocycles. The number of rotatable bonds is 2. The molecule has 0 amide bonds. The van der Waals surface area contributed by atoms with Crippen LogP contribution in [0.2, 0.25) is 5.02 Å². The smallest absolute Gasteiger partial charge is 0.545 e. The molecule has 0 aliphatic rings. The monoisotopic (exact) mass is 269 g/mol. The third-order valence-electron chi connectivity index (χ3n) is 1.90. The molecule has 0 saturated heterocycles. The molecule has 2 heterocycles. The first-order chi connectivity index (χ1) is 7.50. The minimum absolute atomic E-state index is 0. The summed E-state index contributed by atoms with van der Waals surface area (Å²) in [4.78, 5) is 25.0. The summed E-state index contributed by atoms with van der Waals surface area (Å²) in [5, 5.41) is 21.2. The van der Waals surface area contributed by atoms with Crippen molar-refractivity contribution in [2.45, 2.75) is 0 Å². The molecule has 5 nitrogen and oxygen atoms in total. The Morgan fingerprint density at radius 2 is 1.83 bits per heavy atom. The van der Waals surface area contributed by atoms with E-state index in [9.17, 15) is 19.8 Å². The van der Waals surface area contributed by atoms with Gasteiger partial charge in [0.1, 0.15) is 0 Å². The predicted molar refractivity (Wildman–Crippen MR) is 53.3 cm³/mol. The first kappa shape index (κ1) is 17.5. The van der Waals surface area contributed by atoms with Crippen molar-refractivity contribution in [2.75, 3.05) is 0 Å². The fraction of sp³-hybridized carbons (Fsp3) is 0. The predicted octanol–water partition coefficient (Wildman–Crippen LogP) is -6.32. The molecular weight excluding hydrogens is 268 g/mol. The fourth-order valence-corrected chi connectivity index (χ4v) is 2.42. The second kappa shape index (κ2) is 6.63. The van der Waals surface area contributed by atoms with Crippen LogP contribution in [-0.2, 0) is 0 Å². The average Bonchev–Trinajstić information content (AvgIpc) is 2.62. The van der Waals surface area contributed by atoms with Crippen LogP contribution < -0.4 is 47.9 Å². The summed E-state index contributed by atoms with van der Waals surface area (Å²) in [5.74, 6) is -2.81. The van der Waals surface area contributed by atoms with Crippen LogP contribution in [0, 0.1) is 0 Å². The summed E-state index contributed by atoms with van der Waals surface area (Å²) in [6.07, 6.45) is 1.03. The standard InChI is InChI=1S/C9H4ClNO4S.2Li/c10-6-3(8(12)13)2-11-4-1-5(9(14)15)16-7(4)6;;/h1-2H,(H,12,13)(H,14,15);;/q;2*+1/p-2. The van der Waals surface area contributed by atoms with Gasteiger partial charge in [0, 0.05) is 11.8 Å². The summed E-state index contributed by atoms with van der Waals surface area (Å²) < 4.78 is 0.294. The van der Waals surface area contributed by atoms with Crippen LogP contribution >= 0.6 is 22.9 Å². The van der Waals surface area contributed by atoms with E-state index < -0.39 is 11.9 Å². The van der Waals surface area contributed by atoms with Crippen molar-refractivity contribution in [3.8, 4) is 0 Å². The van der Waals surface area contributed by atoms with Crippen molar-refractivity contribution < 1.29 is 57.5 Å². The first-order valence-corrected chi connectivity index (χ1v) is 5.21. The minimum Gasteiger partial charge on any atom is -0.545 e. The molecule has 0 fully saturated rings. The number of aromatic nitrogens is 1. The van der Waals surface area contributed by atoms with Crippen molar-refractivity contribution in [2.24, 2.45) is 0 Å². The Labute approximate surface area is 135 Å². The topological polar surface area (TPSA) is 93.2 Å². The Kier molecular flexibility index (Phi) is 6.46.